The number of amides is 1. The van der Waals surface area contributed by atoms with Gasteiger partial charge < -0.3 is 10.1 Å². The van der Waals surface area contributed by atoms with Crippen LogP contribution in [0.2, 0.25) is 0 Å². The lowest BCUT2D eigenvalue weighted by Gasteiger charge is -2.18. The Morgan fingerprint density at radius 2 is 2.00 bits per heavy atom. The first-order valence-electron chi connectivity index (χ1n) is 6.31. The molecule has 1 aliphatic rings. The van der Waals surface area contributed by atoms with Crippen LogP contribution >= 0.6 is 38.5 Å². The molecule has 4 atom stereocenters. The van der Waals surface area contributed by atoms with Gasteiger partial charge in [0, 0.05) is 13.7 Å². The van der Waals surface area contributed by atoms with E-state index in [1.807, 2.05) is 32.0 Å². The smallest absolute Gasteiger partial charge is 0.230 e. The molecule has 104 valence electrons. The van der Waals surface area contributed by atoms with Crippen molar-refractivity contribution in [3.63, 3.8) is 0 Å². The van der Waals surface area contributed by atoms with Crippen molar-refractivity contribution in [3.05, 3.63) is 26.2 Å². The second kappa shape index (κ2) is 6.10. The number of hydrogen-bond acceptors (Lipinski definition) is 2. The first kappa shape index (κ1) is 15.3. The molecule has 0 saturated carbocycles. The van der Waals surface area contributed by atoms with E-state index >= 15 is 0 Å². The van der Waals surface area contributed by atoms with E-state index in [9.17, 15) is 4.79 Å². The molecule has 1 aromatic carbocycles. The Bertz CT molecular complexity index is 494. The lowest BCUT2D eigenvalue weighted by molar-refractivity contribution is -0.121. The molecular formula is C14H17BrINO2. The van der Waals surface area contributed by atoms with Crippen LogP contribution in [0, 0.1) is 15.4 Å². The predicted octanol–water partition coefficient (Wildman–Crippen LogP) is 4.05. The summed E-state index contributed by atoms with van der Waals surface area (Å²) in [5, 5.41) is 2.99. The van der Waals surface area contributed by atoms with Crippen LogP contribution in [0.25, 0.3) is 0 Å². The minimum Gasteiger partial charge on any atom is -0.374 e. The van der Waals surface area contributed by atoms with Crippen molar-refractivity contribution < 1.29 is 9.53 Å². The summed E-state index contributed by atoms with van der Waals surface area (Å²) in [6.07, 6.45) is 0.107. The highest BCUT2D eigenvalue weighted by Crippen LogP contribution is 2.33. The van der Waals surface area contributed by atoms with Crippen molar-refractivity contribution in [3.8, 4) is 0 Å². The molecule has 1 amide bonds. The minimum atomic E-state index is -0.0868. The lowest BCUT2D eigenvalue weighted by atomic mass is 9.89. The van der Waals surface area contributed by atoms with Crippen LogP contribution in [-0.2, 0) is 9.53 Å². The number of nitrogens with one attached hydrogen (secondary N) is 1. The fraction of sp³-hybridized carbons (Fsp3) is 0.500. The molecule has 1 fully saturated rings. The van der Waals surface area contributed by atoms with Gasteiger partial charge in [-0.25, -0.2) is 0 Å². The van der Waals surface area contributed by atoms with Crippen LogP contribution in [0.3, 0.4) is 0 Å². The van der Waals surface area contributed by atoms with Crippen molar-refractivity contribution >= 4 is 50.1 Å². The van der Waals surface area contributed by atoms with Gasteiger partial charge in [0.05, 0.1) is 18.1 Å². The highest BCUT2D eigenvalue weighted by atomic mass is 127. The third kappa shape index (κ3) is 3.31. The molecule has 0 aliphatic carbocycles. The Hall–Kier alpha value is -0.140. The van der Waals surface area contributed by atoms with Gasteiger partial charge in [-0.1, -0.05) is 6.92 Å². The monoisotopic (exact) mass is 437 g/mol. The zero-order valence-corrected chi connectivity index (χ0v) is 14.9. The molecule has 2 rings (SSSR count). The third-order valence-corrected chi connectivity index (χ3v) is 6.06. The maximum atomic E-state index is 12.4. The molecule has 1 aromatic rings. The first-order chi connectivity index (χ1) is 8.90. The van der Waals surface area contributed by atoms with Crippen molar-refractivity contribution in [1.82, 2.24) is 0 Å². The number of rotatable bonds is 2. The van der Waals surface area contributed by atoms with Gasteiger partial charge in [0.25, 0.3) is 0 Å². The number of hydrogen-bond donors (Lipinski definition) is 1. The Labute approximate surface area is 135 Å². The predicted molar refractivity (Wildman–Crippen MR) is 88.2 cm³/mol. The van der Waals surface area contributed by atoms with Crippen molar-refractivity contribution in [1.29, 1.82) is 0 Å². The van der Waals surface area contributed by atoms with Crippen LogP contribution in [0.4, 0.5) is 5.69 Å². The van der Waals surface area contributed by atoms with E-state index in [0.29, 0.717) is 0 Å². The van der Waals surface area contributed by atoms with Gasteiger partial charge in [0.15, 0.2) is 0 Å². The second-order valence-electron chi connectivity index (χ2n) is 5.05. The van der Waals surface area contributed by atoms with Gasteiger partial charge in [-0.2, -0.15) is 0 Å². The summed E-state index contributed by atoms with van der Waals surface area (Å²) in [4.78, 5) is 12.4. The summed E-state index contributed by atoms with van der Waals surface area (Å²) in [5.74, 6) is 0.198. The van der Waals surface area contributed by atoms with Crippen LogP contribution in [0.5, 0.6) is 0 Å². The van der Waals surface area contributed by atoms with Crippen LogP contribution in [-0.4, -0.2) is 18.1 Å². The average Bonchev–Trinajstić information content (AvgIpc) is 2.58. The molecule has 0 bridgehead atoms. The van der Waals surface area contributed by atoms with E-state index in [0.717, 1.165) is 13.7 Å². The third-order valence-electron chi connectivity index (χ3n) is 3.73. The summed E-state index contributed by atoms with van der Waals surface area (Å²) >= 11 is 5.68. The fourth-order valence-electron chi connectivity index (χ4n) is 2.52. The number of ether oxygens (including phenoxy) is 1. The molecule has 19 heavy (non-hydrogen) atoms. The van der Waals surface area contributed by atoms with E-state index in [-0.39, 0.29) is 30.0 Å². The van der Waals surface area contributed by atoms with Gasteiger partial charge >= 0.3 is 0 Å². The summed E-state index contributed by atoms with van der Waals surface area (Å²) < 4.78 is 7.83. The van der Waals surface area contributed by atoms with Crippen LogP contribution < -0.4 is 5.32 Å². The molecule has 4 unspecified atom stereocenters. The largest absolute Gasteiger partial charge is 0.374 e. The molecular weight excluding hydrogens is 421 g/mol. The number of carbonyl (C=O) groups is 1. The van der Waals surface area contributed by atoms with E-state index < -0.39 is 0 Å². The highest BCUT2D eigenvalue weighted by Gasteiger charge is 2.41. The zero-order valence-electron chi connectivity index (χ0n) is 11.1. The maximum Gasteiger partial charge on any atom is 0.230 e. The summed E-state index contributed by atoms with van der Waals surface area (Å²) in [6.45, 7) is 6.07. The Kier molecular flexibility index (Phi) is 4.89. The molecule has 3 nitrogen and oxygen atoms in total. The number of halogens is 2. The number of anilines is 1. The van der Waals surface area contributed by atoms with Gasteiger partial charge in [-0.05, 0) is 76.5 Å². The molecule has 0 radical (unpaired) electrons. The number of benzene rings is 1. The lowest BCUT2D eigenvalue weighted by Crippen LogP contribution is -2.32. The topological polar surface area (TPSA) is 38.3 Å². The molecule has 1 saturated heterocycles. The normalized spacial score (nSPS) is 30.4. The Morgan fingerprint density at radius 3 is 2.53 bits per heavy atom. The molecule has 5 heteroatoms. The fourth-order valence-corrected chi connectivity index (χ4v) is 3.28. The Balaban J connectivity index is 2.10. The van der Waals surface area contributed by atoms with Gasteiger partial charge in [0.1, 0.15) is 0 Å². The van der Waals surface area contributed by atoms with E-state index in [4.69, 9.17) is 4.74 Å². The molecule has 1 N–H and O–H groups in total. The second-order valence-corrected chi connectivity index (χ2v) is 7.07. The van der Waals surface area contributed by atoms with E-state index in [1.54, 1.807) is 0 Å². The zero-order chi connectivity index (χ0) is 14.2. The van der Waals surface area contributed by atoms with Gasteiger partial charge in [0.2, 0.25) is 5.91 Å². The van der Waals surface area contributed by atoms with Crippen molar-refractivity contribution in [2.75, 3.05) is 5.32 Å². The van der Waals surface area contributed by atoms with Crippen molar-refractivity contribution in [2.45, 2.75) is 33.0 Å². The standard InChI is InChI=1S/C14H17BrINO2/c1-7-8(2)19-9(3)13(7)14(18)17-10-4-5-11(15)12(16)6-10/h4-9,13H,1-3H3,(H,17,18). The minimum absolute atomic E-state index is 0.0282. The summed E-state index contributed by atoms with van der Waals surface area (Å²) in [6, 6.07) is 5.80. The van der Waals surface area contributed by atoms with Crippen LogP contribution in [0.15, 0.2) is 22.7 Å². The van der Waals surface area contributed by atoms with Crippen molar-refractivity contribution in [2.24, 2.45) is 11.8 Å². The SMILES string of the molecule is CC1OC(C)C(C(=O)Nc2ccc(Br)c(I)c2)C1C. The quantitative estimate of drug-likeness (QED) is 0.708. The Morgan fingerprint density at radius 1 is 1.32 bits per heavy atom. The summed E-state index contributed by atoms with van der Waals surface area (Å²) in [7, 11) is 0. The van der Waals surface area contributed by atoms with Gasteiger partial charge in [-0.3, -0.25) is 4.79 Å². The van der Waals surface area contributed by atoms with Gasteiger partial charge in [-0.15, -0.1) is 0 Å². The molecule has 1 aliphatic heterocycles. The number of carbonyl (C=O) groups excluding carboxylic acids is 1. The molecule has 0 spiro atoms. The first-order valence-corrected chi connectivity index (χ1v) is 8.18. The van der Waals surface area contributed by atoms with E-state index in [1.165, 1.54) is 0 Å². The van der Waals surface area contributed by atoms with E-state index in [2.05, 4.69) is 50.8 Å². The van der Waals surface area contributed by atoms with Crippen LogP contribution in [0.1, 0.15) is 20.8 Å². The maximum absolute atomic E-state index is 12.4. The summed E-state index contributed by atoms with van der Waals surface area (Å²) in [5.41, 5.74) is 0.830. The molecule has 0 aromatic heterocycles. The average molecular weight is 438 g/mol. The molecule has 1 heterocycles. The highest BCUT2D eigenvalue weighted by molar-refractivity contribution is 14.1.